The molecule has 0 N–H and O–H groups in total. The number of hydrogen-bond acceptors (Lipinski definition) is 6. The first-order valence-electron chi connectivity index (χ1n) is 29.9. The highest BCUT2D eigenvalue weighted by atomic mass is 16.6. The van der Waals surface area contributed by atoms with Gasteiger partial charge in [-0.05, 0) is 103 Å². The third-order valence-corrected chi connectivity index (χ3v) is 12.5. The molecule has 0 rings (SSSR count). The van der Waals surface area contributed by atoms with E-state index in [0.717, 1.165) is 122 Å². The first-order chi connectivity index (χ1) is 35.5. The number of rotatable bonds is 53. The predicted molar refractivity (Wildman–Crippen MR) is 311 cm³/mol. The highest BCUT2D eigenvalue weighted by molar-refractivity contribution is 5.71. The number of ether oxygens (including phenoxy) is 3. The second kappa shape index (κ2) is 59.6. The lowest BCUT2D eigenvalue weighted by Gasteiger charge is -2.18. The molecule has 0 aromatic carbocycles. The molecule has 0 fully saturated rings. The Kier molecular flexibility index (Phi) is 56.4. The van der Waals surface area contributed by atoms with E-state index in [-0.39, 0.29) is 37.5 Å². The molecule has 0 radical (unpaired) electrons. The molecule has 410 valence electrons. The Labute approximate surface area is 444 Å². The van der Waals surface area contributed by atoms with E-state index < -0.39 is 6.10 Å². The summed E-state index contributed by atoms with van der Waals surface area (Å²) in [5.41, 5.74) is 0. The predicted octanol–water partition coefficient (Wildman–Crippen LogP) is 20.3. The van der Waals surface area contributed by atoms with Crippen LogP contribution >= 0.6 is 0 Å². The van der Waals surface area contributed by atoms with Crippen molar-refractivity contribution in [2.24, 2.45) is 0 Å². The molecule has 0 aromatic rings. The van der Waals surface area contributed by atoms with Crippen LogP contribution in [0.1, 0.15) is 271 Å². The zero-order chi connectivity index (χ0) is 52.2. The fourth-order valence-corrected chi connectivity index (χ4v) is 8.11. The quantitative estimate of drug-likeness (QED) is 0.0261. The molecule has 0 aliphatic rings. The van der Waals surface area contributed by atoms with Gasteiger partial charge in [-0.25, -0.2) is 0 Å². The molecule has 0 amide bonds. The normalized spacial score (nSPS) is 12.9. The number of allylic oxidation sites excluding steroid dienone is 18. The summed E-state index contributed by atoms with van der Waals surface area (Å²) in [4.78, 5) is 38.0. The Morgan fingerprint density at radius 2 is 0.542 bits per heavy atom. The van der Waals surface area contributed by atoms with Crippen LogP contribution in [0.15, 0.2) is 109 Å². The molecule has 0 aliphatic heterocycles. The van der Waals surface area contributed by atoms with Crippen molar-refractivity contribution in [3.63, 3.8) is 0 Å². The van der Waals surface area contributed by atoms with E-state index in [2.05, 4.69) is 130 Å². The van der Waals surface area contributed by atoms with E-state index in [1.165, 1.54) is 109 Å². The number of carbonyl (C=O) groups excluding carboxylic acids is 3. The third-order valence-electron chi connectivity index (χ3n) is 12.5. The summed E-state index contributed by atoms with van der Waals surface area (Å²) in [7, 11) is 0. The van der Waals surface area contributed by atoms with Crippen molar-refractivity contribution in [3.05, 3.63) is 109 Å². The van der Waals surface area contributed by atoms with E-state index in [1.807, 2.05) is 0 Å². The Morgan fingerprint density at radius 3 is 0.861 bits per heavy atom. The van der Waals surface area contributed by atoms with E-state index in [4.69, 9.17) is 14.2 Å². The summed E-state index contributed by atoms with van der Waals surface area (Å²) in [6, 6.07) is 0. The molecule has 0 saturated carbocycles. The average molecular weight is 1000 g/mol. The smallest absolute Gasteiger partial charge is 0.306 e. The maximum absolute atomic E-state index is 12.8. The molecular weight excluding hydrogens is 889 g/mol. The van der Waals surface area contributed by atoms with Gasteiger partial charge in [-0.3, -0.25) is 14.4 Å². The van der Waals surface area contributed by atoms with Crippen LogP contribution in [-0.2, 0) is 28.6 Å². The summed E-state index contributed by atoms with van der Waals surface area (Å²) in [6.07, 6.45) is 81.1. The maximum atomic E-state index is 12.8. The molecule has 6 heteroatoms. The lowest BCUT2D eigenvalue weighted by molar-refractivity contribution is -0.167. The van der Waals surface area contributed by atoms with Gasteiger partial charge in [-0.1, -0.05) is 259 Å². The van der Waals surface area contributed by atoms with Gasteiger partial charge < -0.3 is 14.2 Å². The van der Waals surface area contributed by atoms with E-state index in [9.17, 15) is 14.4 Å². The van der Waals surface area contributed by atoms with Gasteiger partial charge in [-0.2, -0.15) is 0 Å². The molecule has 1 unspecified atom stereocenters. The summed E-state index contributed by atoms with van der Waals surface area (Å²) in [5, 5.41) is 0. The van der Waals surface area contributed by atoms with Crippen LogP contribution in [0.4, 0.5) is 0 Å². The molecule has 0 bridgehead atoms. The molecule has 0 spiro atoms. The van der Waals surface area contributed by atoms with Gasteiger partial charge in [0.1, 0.15) is 13.2 Å². The van der Waals surface area contributed by atoms with Crippen LogP contribution in [0.3, 0.4) is 0 Å². The molecule has 6 nitrogen and oxygen atoms in total. The molecule has 1 atom stereocenters. The van der Waals surface area contributed by atoms with Gasteiger partial charge in [0.05, 0.1) is 0 Å². The van der Waals surface area contributed by atoms with Gasteiger partial charge >= 0.3 is 17.9 Å². The molecular formula is C66H110O6. The Hall–Kier alpha value is -3.93. The van der Waals surface area contributed by atoms with E-state index in [0.29, 0.717) is 12.8 Å². The third kappa shape index (κ3) is 57.0. The van der Waals surface area contributed by atoms with Crippen molar-refractivity contribution >= 4 is 17.9 Å². The second-order valence-corrected chi connectivity index (χ2v) is 19.5. The molecule has 0 aromatic heterocycles. The number of hydrogen-bond donors (Lipinski definition) is 0. The highest BCUT2D eigenvalue weighted by Crippen LogP contribution is 2.16. The monoisotopic (exact) mass is 999 g/mol. The SMILES string of the molecule is CC/C=C\C/C=C\C/C=C\C/C=C\C/C=C\CCCCCC(=O)OC(COC(=O)CCCCCCCCCC)COC(=O)CCCCCCCCCCCCCCCC/C=C\C/C=C\C/C=C\C/C=C\CC. The van der Waals surface area contributed by atoms with Crippen molar-refractivity contribution in [2.75, 3.05) is 13.2 Å². The first kappa shape index (κ1) is 68.1. The van der Waals surface area contributed by atoms with Crippen molar-refractivity contribution in [1.29, 1.82) is 0 Å². The van der Waals surface area contributed by atoms with Crippen LogP contribution in [0.5, 0.6) is 0 Å². The Morgan fingerprint density at radius 1 is 0.292 bits per heavy atom. The minimum atomic E-state index is -0.794. The van der Waals surface area contributed by atoms with Gasteiger partial charge in [0.2, 0.25) is 0 Å². The fraction of sp³-hybridized carbons (Fsp3) is 0.682. The summed E-state index contributed by atoms with van der Waals surface area (Å²) in [6.45, 7) is 6.36. The topological polar surface area (TPSA) is 78.9 Å². The van der Waals surface area contributed by atoms with Crippen LogP contribution < -0.4 is 0 Å². The van der Waals surface area contributed by atoms with Crippen LogP contribution in [0, 0.1) is 0 Å². The van der Waals surface area contributed by atoms with Gasteiger partial charge in [-0.15, -0.1) is 0 Å². The Balaban J connectivity index is 4.22. The highest BCUT2D eigenvalue weighted by Gasteiger charge is 2.19. The lowest BCUT2D eigenvalue weighted by Crippen LogP contribution is -2.30. The molecule has 0 saturated heterocycles. The van der Waals surface area contributed by atoms with E-state index >= 15 is 0 Å². The number of carbonyl (C=O) groups is 3. The fourth-order valence-electron chi connectivity index (χ4n) is 8.11. The van der Waals surface area contributed by atoms with Crippen molar-refractivity contribution in [2.45, 2.75) is 277 Å². The van der Waals surface area contributed by atoms with Crippen LogP contribution in [0.2, 0.25) is 0 Å². The number of esters is 3. The molecule has 72 heavy (non-hydrogen) atoms. The van der Waals surface area contributed by atoms with Crippen molar-refractivity contribution < 1.29 is 28.6 Å². The van der Waals surface area contributed by atoms with Crippen LogP contribution in [-0.4, -0.2) is 37.2 Å². The minimum absolute atomic E-state index is 0.0906. The first-order valence-corrected chi connectivity index (χ1v) is 29.9. The van der Waals surface area contributed by atoms with E-state index in [1.54, 1.807) is 0 Å². The maximum Gasteiger partial charge on any atom is 0.306 e. The van der Waals surface area contributed by atoms with Gasteiger partial charge in [0.15, 0.2) is 6.10 Å². The largest absolute Gasteiger partial charge is 0.462 e. The van der Waals surface area contributed by atoms with Crippen molar-refractivity contribution in [1.82, 2.24) is 0 Å². The Bertz CT molecular complexity index is 1470. The van der Waals surface area contributed by atoms with Crippen molar-refractivity contribution in [3.8, 4) is 0 Å². The molecule has 0 aliphatic carbocycles. The number of unbranched alkanes of at least 4 members (excludes halogenated alkanes) is 24. The summed E-state index contributed by atoms with van der Waals surface area (Å²) < 4.78 is 16.8. The van der Waals surface area contributed by atoms with Gasteiger partial charge in [0, 0.05) is 19.3 Å². The standard InChI is InChI=1S/C66H110O6/c1-4-7-10-13-16-19-21-23-25-27-29-30-31-32-33-34-35-36-38-39-41-43-45-47-50-53-56-59-65(68)71-62-63(61-70-64(67)58-55-52-49-18-15-12-9-6-3)72-66(69)60-57-54-51-48-46-44-42-40-37-28-26-24-22-20-17-14-11-8-5-2/h7-8,10-11,16-17,19-20,23-26,29-30,37,40,44,46,63H,4-6,9,12-15,18,21-22,27-28,31-36,38-39,41-43,45,47-62H2,1-3H3/b10-7-,11-8-,19-16-,20-17-,25-23-,26-24-,30-29-,40-37-,46-44-. The minimum Gasteiger partial charge on any atom is -0.462 e. The zero-order valence-electron chi connectivity index (χ0n) is 46.9. The molecule has 0 heterocycles. The summed E-state index contributed by atoms with van der Waals surface area (Å²) >= 11 is 0. The zero-order valence-corrected chi connectivity index (χ0v) is 46.9. The van der Waals surface area contributed by atoms with Gasteiger partial charge in [0.25, 0.3) is 0 Å². The summed E-state index contributed by atoms with van der Waals surface area (Å²) in [5.74, 6) is -0.925. The lowest BCUT2D eigenvalue weighted by atomic mass is 10.0. The van der Waals surface area contributed by atoms with Crippen LogP contribution in [0.25, 0.3) is 0 Å². The second-order valence-electron chi connectivity index (χ2n) is 19.5. The average Bonchev–Trinajstić information content (AvgIpc) is 3.38.